The van der Waals surface area contributed by atoms with Crippen molar-refractivity contribution < 1.29 is 0 Å². The minimum absolute atomic E-state index is 0.853. The summed E-state index contributed by atoms with van der Waals surface area (Å²) in [4.78, 5) is 6.17. The van der Waals surface area contributed by atoms with Crippen LogP contribution < -0.4 is 0 Å². The van der Waals surface area contributed by atoms with Crippen LogP contribution in [0.15, 0.2) is 16.6 Å². The molecular formula is C7H14N2S. The van der Waals surface area contributed by atoms with Crippen molar-refractivity contribution >= 4 is 17.6 Å². The van der Waals surface area contributed by atoms with Crippen molar-refractivity contribution in [2.45, 2.75) is 6.92 Å². The van der Waals surface area contributed by atoms with Gasteiger partial charge in [-0.2, -0.15) is 0 Å². The highest BCUT2D eigenvalue weighted by atomic mass is 32.2. The van der Waals surface area contributed by atoms with Crippen molar-refractivity contribution in [1.29, 1.82) is 0 Å². The van der Waals surface area contributed by atoms with Crippen molar-refractivity contribution in [3.8, 4) is 0 Å². The summed E-state index contributed by atoms with van der Waals surface area (Å²) in [5.74, 6) is 0.986. The normalized spacial score (nSPS) is 11.4. The number of hydrogen-bond acceptors (Lipinski definition) is 2. The van der Waals surface area contributed by atoms with Gasteiger partial charge in [0.2, 0.25) is 0 Å². The summed E-state index contributed by atoms with van der Waals surface area (Å²) in [7, 11) is 3.93. The topological polar surface area (TPSA) is 15.6 Å². The van der Waals surface area contributed by atoms with Crippen LogP contribution >= 0.6 is 11.8 Å². The Kier molecular flexibility index (Phi) is 4.19. The molecule has 0 rings (SSSR count). The van der Waals surface area contributed by atoms with Gasteiger partial charge in [0.05, 0.1) is 5.03 Å². The summed E-state index contributed by atoms with van der Waals surface area (Å²) in [5, 5.41) is 0.853. The fraction of sp³-hybridized carbons (Fsp3) is 0.571. The fourth-order valence-electron chi connectivity index (χ4n) is 0.326. The van der Waals surface area contributed by atoms with E-state index in [9.17, 15) is 0 Å². The molecule has 0 bridgehead atoms. The van der Waals surface area contributed by atoms with Gasteiger partial charge in [-0.1, -0.05) is 6.58 Å². The highest BCUT2D eigenvalue weighted by molar-refractivity contribution is 8.02. The van der Waals surface area contributed by atoms with Gasteiger partial charge in [0.15, 0.2) is 0 Å². The Hall–Kier alpha value is -0.440. The minimum Gasteiger partial charge on any atom is -0.366 e. The molecule has 0 atom stereocenters. The average molecular weight is 158 g/mol. The zero-order valence-electron chi connectivity index (χ0n) is 7.01. The van der Waals surface area contributed by atoms with E-state index in [4.69, 9.17) is 0 Å². The predicted octanol–water partition coefficient (Wildman–Crippen LogP) is 1.80. The third-order valence-electron chi connectivity index (χ3n) is 1.17. The maximum atomic E-state index is 4.21. The van der Waals surface area contributed by atoms with Crippen molar-refractivity contribution in [2.24, 2.45) is 4.99 Å². The van der Waals surface area contributed by atoms with E-state index in [1.54, 1.807) is 11.8 Å². The smallest absolute Gasteiger partial charge is 0.102 e. The monoisotopic (exact) mass is 158 g/mol. The maximum absolute atomic E-state index is 4.21. The number of amidine groups is 1. The molecule has 0 fully saturated rings. The number of aliphatic imine (C=N–C) groups is 1. The van der Waals surface area contributed by atoms with Crippen LogP contribution in [0.2, 0.25) is 0 Å². The number of rotatable bonds is 2. The molecule has 0 aromatic carbocycles. The molecule has 2 nitrogen and oxygen atoms in total. The molecular weight excluding hydrogens is 144 g/mol. The van der Waals surface area contributed by atoms with Crippen LogP contribution in [0, 0.1) is 0 Å². The third kappa shape index (κ3) is 3.56. The second-order valence-electron chi connectivity index (χ2n) is 2.15. The molecule has 0 heterocycles. The van der Waals surface area contributed by atoms with Crippen LogP contribution in [0.4, 0.5) is 0 Å². The largest absolute Gasteiger partial charge is 0.366 e. The van der Waals surface area contributed by atoms with Gasteiger partial charge in [-0.25, -0.2) is 4.99 Å². The lowest BCUT2D eigenvalue weighted by Crippen LogP contribution is -2.18. The molecule has 0 saturated heterocycles. The van der Waals surface area contributed by atoms with Gasteiger partial charge in [-0.3, -0.25) is 0 Å². The molecule has 0 saturated carbocycles. The van der Waals surface area contributed by atoms with Gasteiger partial charge in [-0.15, -0.1) is 11.8 Å². The maximum Gasteiger partial charge on any atom is 0.102 e. The quantitative estimate of drug-likeness (QED) is 0.450. The second kappa shape index (κ2) is 4.39. The van der Waals surface area contributed by atoms with Gasteiger partial charge < -0.3 is 4.90 Å². The molecule has 3 heteroatoms. The molecule has 58 valence electrons. The molecule has 0 N–H and O–H groups in total. The molecule has 0 amide bonds. The zero-order chi connectivity index (χ0) is 8.15. The minimum atomic E-state index is 0.853. The van der Waals surface area contributed by atoms with Crippen LogP contribution in [0.3, 0.4) is 0 Å². The first kappa shape index (κ1) is 9.56. The lowest BCUT2D eigenvalue weighted by Gasteiger charge is -2.10. The van der Waals surface area contributed by atoms with Crippen LogP contribution in [-0.2, 0) is 0 Å². The van der Waals surface area contributed by atoms with E-state index in [1.165, 1.54) is 0 Å². The zero-order valence-corrected chi connectivity index (χ0v) is 7.83. The predicted molar refractivity (Wildman–Crippen MR) is 49.5 cm³/mol. The van der Waals surface area contributed by atoms with Gasteiger partial charge in [0.25, 0.3) is 0 Å². The number of thioether (sulfide) groups is 1. The highest BCUT2D eigenvalue weighted by Gasteiger charge is 1.92. The van der Waals surface area contributed by atoms with Crippen LogP contribution in [0.5, 0.6) is 0 Å². The Bertz CT molecular complexity index is 150. The third-order valence-corrected chi connectivity index (χ3v) is 1.73. The molecule has 0 unspecified atom stereocenters. The molecule has 0 spiro atoms. The molecule has 0 aliphatic heterocycles. The van der Waals surface area contributed by atoms with E-state index < -0.39 is 0 Å². The Morgan fingerprint density at radius 1 is 1.50 bits per heavy atom. The first-order valence-electron chi connectivity index (χ1n) is 3.03. The van der Waals surface area contributed by atoms with E-state index in [2.05, 4.69) is 11.6 Å². The molecule has 0 aliphatic carbocycles. The van der Waals surface area contributed by atoms with E-state index in [1.807, 2.05) is 32.2 Å². The van der Waals surface area contributed by atoms with Crippen molar-refractivity contribution in [3.05, 3.63) is 11.6 Å². The molecule has 10 heavy (non-hydrogen) atoms. The first-order chi connectivity index (χ1) is 4.57. The first-order valence-corrected chi connectivity index (χ1v) is 4.26. The van der Waals surface area contributed by atoms with Crippen LogP contribution in [0.1, 0.15) is 6.92 Å². The summed E-state index contributed by atoms with van der Waals surface area (Å²) in [5.41, 5.74) is 0. The molecule has 0 radical (unpaired) electrons. The lowest BCUT2D eigenvalue weighted by molar-refractivity contribution is 0.618. The van der Waals surface area contributed by atoms with Gasteiger partial charge in [-0.05, 0) is 13.2 Å². The van der Waals surface area contributed by atoms with Gasteiger partial charge in [0.1, 0.15) is 5.84 Å². The Morgan fingerprint density at radius 3 is 2.30 bits per heavy atom. The summed E-state index contributed by atoms with van der Waals surface area (Å²) in [6, 6.07) is 0. The Labute approximate surface area is 67.0 Å². The Balaban J connectivity index is 4.03. The SMILES string of the molecule is C=C(/N=C(\C)N(C)C)SC. The summed E-state index contributed by atoms with van der Waals surface area (Å²) in [6.45, 7) is 5.70. The van der Waals surface area contributed by atoms with E-state index in [0.717, 1.165) is 10.9 Å². The number of nitrogens with zero attached hydrogens (tertiary/aromatic N) is 2. The molecule has 0 aromatic rings. The van der Waals surface area contributed by atoms with Crippen LogP contribution in [0.25, 0.3) is 0 Å². The fourth-order valence-corrected chi connectivity index (χ4v) is 0.550. The van der Waals surface area contributed by atoms with Crippen molar-refractivity contribution in [1.82, 2.24) is 4.90 Å². The molecule has 0 aliphatic rings. The van der Waals surface area contributed by atoms with Crippen molar-refractivity contribution in [2.75, 3.05) is 20.4 Å². The van der Waals surface area contributed by atoms with Gasteiger partial charge in [0, 0.05) is 14.1 Å². The highest BCUT2D eigenvalue weighted by Crippen LogP contribution is 2.09. The standard InChI is InChI=1S/C7H14N2S/c1-6(9(3)4)8-7(2)10-5/h2H2,1,3-5H3/b8-6+. The van der Waals surface area contributed by atoms with E-state index in [-0.39, 0.29) is 0 Å². The van der Waals surface area contributed by atoms with Gasteiger partial charge >= 0.3 is 0 Å². The van der Waals surface area contributed by atoms with E-state index >= 15 is 0 Å². The summed E-state index contributed by atoms with van der Waals surface area (Å²) < 4.78 is 0. The molecule has 0 aromatic heterocycles. The average Bonchev–Trinajstić information content (AvgIpc) is 1.87. The van der Waals surface area contributed by atoms with Crippen LogP contribution in [-0.4, -0.2) is 31.1 Å². The second-order valence-corrected chi connectivity index (χ2v) is 3.03. The lowest BCUT2D eigenvalue weighted by atomic mass is 10.6. The van der Waals surface area contributed by atoms with E-state index in [0.29, 0.717) is 0 Å². The number of hydrogen-bond donors (Lipinski definition) is 0. The van der Waals surface area contributed by atoms with Crippen molar-refractivity contribution in [3.63, 3.8) is 0 Å². The summed E-state index contributed by atoms with van der Waals surface area (Å²) >= 11 is 1.56. The summed E-state index contributed by atoms with van der Waals surface area (Å²) in [6.07, 6.45) is 1.97. The Morgan fingerprint density at radius 2 is 2.00 bits per heavy atom.